The molecule has 0 atom stereocenters. The lowest BCUT2D eigenvalue weighted by molar-refractivity contribution is 0.282. The number of hydrogen-bond acceptors (Lipinski definition) is 6. The van der Waals surface area contributed by atoms with Crippen LogP contribution in [0.2, 0.25) is 0 Å². The smallest absolute Gasteiger partial charge is 0.242 e. The Balaban J connectivity index is 2.13. The first-order valence-electron chi connectivity index (χ1n) is 5.11. The minimum atomic E-state index is -3.58. The van der Waals surface area contributed by atoms with Crippen molar-refractivity contribution in [3.05, 3.63) is 32.4 Å². The number of nitrogens with zero attached hydrogens (tertiary/aromatic N) is 1. The van der Waals surface area contributed by atoms with Crippen molar-refractivity contribution < 1.29 is 13.5 Å². The summed E-state index contributed by atoms with van der Waals surface area (Å²) in [5.41, 5.74) is 0.696. The van der Waals surface area contributed by atoms with E-state index in [1.165, 1.54) is 28.7 Å². The van der Waals surface area contributed by atoms with E-state index in [9.17, 15) is 8.42 Å². The first-order chi connectivity index (χ1) is 8.53. The molecule has 0 fully saturated rings. The van der Waals surface area contributed by atoms with Crippen molar-refractivity contribution in [1.82, 2.24) is 9.71 Å². The monoisotopic (exact) mass is 304 g/mol. The van der Waals surface area contributed by atoms with Crippen LogP contribution in [0, 0.1) is 6.92 Å². The second-order valence-electron chi connectivity index (χ2n) is 3.55. The van der Waals surface area contributed by atoms with Gasteiger partial charge in [-0.1, -0.05) is 0 Å². The maximum atomic E-state index is 12.0. The molecule has 0 aliphatic heterocycles. The van der Waals surface area contributed by atoms with Crippen molar-refractivity contribution in [2.24, 2.45) is 0 Å². The van der Waals surface area contributed by atoms with E-state index < -0.39 is 10.0 Å². The summed E-state index contributed by atoms with van der Waals surface area (Å²) < 4.78 is 26.5. The van der Waals surface area contributed by atoms with Gasteiger partial charge in [-0.25, -0.2) is 18.1 Å². The Bertz CT molecular complexity index is 630. The molecule has 2 aromatic heterocycles. The van der Waals surface area contributed by atoms with E-state index in [0.29, 0.717) is 10.6 Å². The maximum Gasteiger partial charge on any atom is 0.242 e. The van der Waals surface area contributed by atoms with Gasteiger partial charge >= 0.3 is 0 Å². The Morgan fingerprint density at radius 3 is 2.83 bits per heavy atom. The number of thiophene rings is 1. The number of hydrogen-bond donors (Lipinski definition) is 2. The van der Waals surface area contributed by atoms with Crippen molar-refractivity contribution in [3.63, 3.8) is 0 Å². The zero-order valence-electron chi connectivity index (χ0n) is 9.58. The zero-order chi connectivity index (χ0) is 13.2. The van der Waals surface area contributed by atoms with E-state index in [0.717, 1.165) is 5.01 Å². The molecule has 2 rings (SSSR count). The normalized spacial score (nSPS) is 11.9. The third-order valence-electron chi connectivity index (χ3n) is 2.25. The highest BCUT2D eigenvalue weighted by atomic mass is 32.2. The molecule has 0 aromatic carbocycles. The highest BCUT2D eigenvalue weighted by Crippen LogP contribution is 2.21. The van der Waals surface area contributed by atoms with Crippen LogP contribution < -0.4 is 4.72 Å². The largest absolute Gasteiger partial charge is 0.391 e. The Morgan fingerprint density at radius 1 is 1.44 bits per heavy atom. The molecule has 2 heterocycles. The van der Waals surface area contributed by atoms with E-state index in [4.69, 9.17) is 5.11 Å². The first kappa shape index (κ1) is 13.6. The summed E-state index contributed by atoms with van der Waals surface area (Å²) in [5, 5.41) is 13.4. The van der Waals surface area contributed by atoms with Gasteiger partial charge < -0.3 is 5.11 Å². The molecule has 98 valence electrons. The van der Waals surface area contributed by atoms with Crippen LogP contribution in [0.1, 0.15) is 15.6 Å². The average molecular weight is 304 g/mol. The highest BCUT2D eigenvalue weighted by Gasteiger charge is 2.19. The van der Waals surface area contributed by atoms with Crippen LogP contribution in [0.3, 0.4) is 0 Å². The number of thiazole rings is 1. The van der Waals surface area contributed by atoms with E-state index in [-0.39, 0.29) is 18.0 Å². The van der Waals surface area contributed by atoms with Crippen LogP contribution >= 0.6 is 22.7 Å². The number of aromatic nitrogens is 1. The van der Waals surface area contributed by atoms with Gasteiger partial charge in [0, 0.05) is 10.3 Å². The number of nitrogens with one attached hydrogen (secondary N) is 1. The SMILES string of the molecule is Cc1nc(CNS(=O)(=O)c2ccsc2CO)cs1. The molecule has 0 aliphatic carbocycles. The van der Waals surface area contributed by atoms with Crippen molar-refractivity contribution in [1.29, 1.82) is 0 Å². The number of sulfonamides is 1. The van der Waals surface area contributed by atoms with Crippen LogP contribution in [0.4, 0.5) is 0 Å². The summed E-state index contributed by atoms with van der Waals surface area (Å²) in [6, 6.07) is 1.49. The fraction of sp³-hybridized carbons (Fsp3) is 0.300. The first-order valence-corrected chi connectivity index (χ1v) is 8.35. The molecule has 0 saturated carbocycles. The molecular formula is C10H12N2O3S3. The molecule has 18 heavy (non-hydrogen) atoms. The van der Waals surface area contributed by atoms with E-state index in [1.54, 1.807) is 5.38 Å². The lowest BCUT2D eigenvalue weighted by Crippen LogP contribution is -2.23. The van der Waals surface area contributed by atoms with E-state index in [2.05, 4.69) is 9.71 Å². The van der Waals surface area contributed by atoms with Gasteiger partial charge in [0.15, 0.2) is 0 Å². The average Bonchev–Trinajstić information content (AvgIpc) is 2.95. The summed E-state index contributed by atoms with van der Waals surface area (Å²) >= 11 is 2.70. The fourth-order valence-corrected chi connectivity index (χ4v) is 4.32. The fourth-order valence-electron chi connectivity index (χ4n) is 1.42. The van der Waals surface area contributed by atoms with Crippen LogP contribution in [-0.2, 0) is 23.2 Å². The third-order valence-corrected chi connectivity index (χ3v) is 5.59. The number of aliphatic hydroxyl groups excluding tert-OH is 1. The third kappa shape index (κ3) is 2.96. The zero-order valence-corrected chi connectivity index (χ0v) is 12.0. The molecule has 0 radical (unpaired) electrons. The van der Waals surface area contributed by atoms with Crippen molar-refractivity contribution >= 4 is 32.7 Å². The number of aliphatic hydroxyl groups is 1. The number of rotatable bonds is 5. The topological polar surface area (TPSA) is 79.3 Å². The molecule has 0 spiro atoms. The van der Waals surface area contributed by atoms with E-state index >= 15 is 0 Å². The van der Waals surface area contributed by atoms with Gasteiger partial charge in [0.25, 0.3) is 0 Å². The van der Waals surface area contributed by atoms with Crippen LogP contribution in [0.5, 0.6) is 0 Å². The molecule has 2 N–H and O–H groups in total. The molecular weight excluding hydrogens is 292 g/mol. The summed E-state index contributed by atoms with van der Waals surface area (Å²) in [5.74, 6) is 0. The summed E-state index contributed by atoms with van der Waals surface area (Å²) in [6.07, 6.45) is 0. The molecule has 8 heteroatoms. The van der Waals surface area contributed by atoms with Gasteiger partial charge in [-0.3, -0.25) is 0 Å². The van der Waals surface area contributed by atoms with Crippen LogP contribution in [0.15, 0.2) is 21.7 Å². The summed E-state index contributed by atoms with van der Waals surface area (Å²) in [7, 11) is -3.58. The second-order valence-corrected chi connectivity index (χ2v) is 7.35. The Hall–Kier alpha value is -0.800. The van der Waals surface area contributed by atoms with Gasteiger partial charge in [0.2, 0.25) is 10.0 Å². The Labute approximate surface area is 113 Å². The molecule has 5 nitrogen and oxygen atoms in total. The molecule has 0 amide bonds. The lowest BCUT2D eigenvalue weighted by Gasteiger charge is -2.05. The molecule has 0 saturated heterocycles. The van der Waals surface area contributed by atoms with Crippen LogP contribution in [-0.4, -0.2) is 18.5 Å². The maximum absolute atomic E-state index is 12.0. The molecule has 0 unspecified atom stereocenters. The minimum Gasteiger partial charge on any atom is -0.391 e. The van der Waals surface area contributed by atoms with Gasteiger partial charge in [-0.15, -0.1) is 22.7 Å². The molecule has 0 aliphatic rings. The number of aryl methyl sites for hydroxylation is 1. The quantitative estimate of drug-likeness (QED) is 0.877. The van der Waals surface area contributed by atoms with Gasteiger partial charge in [0.1, 0.15) is 0 Å². The lowest BCUT2D eigenvalue weighted by atomic mass is 10.5. The summed E-state index contributed by atoms with van der Waals surface area (Å²) in [6.45, 7) is 1.75. The van der Waals surface area contributed by atoms with Crippen LogP contribution in [0.25, 0.3) is 0 Å². The van der Waals surface area contributed by atoms with Crippen molar-refractivity contribution in [2.75, 3.05) is 0 Å². The Morgan fingerprint density at radius 2 is 2.22 bits per heavy atom. The molecule has 0 bridgehead atoms. The van der Waals surface area contributed by atoms with E-state index in [1.807, 2.05) is 12.3 Å². The predicted molar refractivity (Wildman–Crippen MR) is 71.1 cm³/mol. The van der Waals surface area contributed by atoms with Gasteiger partial charge in [-0.2, -0.15) is 0 Å². The molecule has 2 aromatic rings. The highest BCUT2D eigenvalue weighted by molar-refractivity contribution is 7.89. The Kier molecular flexibility index (Phi) is 4.13. The minimum absolute atomic E-state index is 0.141. The standard InChI is InChI=1S/C10H12N2O3S3/c1-7-12-8(6-17-7)4-11-18(14,15)10-2-3-16-9(10)5-13/h2-3,6,11,13H,4-5H2,1H3. The predicted octanol–water partition coefficient (Wildman–Crippen LogP) is 1.48. The van der Waals surface area contributed by atoms with Gasteiger partial charge in [-0.05, 0) is 18.4 Å². The second kappa shape index (κ2) is 5.45. The van der Waals surface area contributed by atoms with Crippen molar-refractivity contribution in [3.8, 4) is 0 Å². The summed E-state index contributed by atoms with van der Waals surface area (Å²) in [4.78, 5) is 4.76. The van der Waals surface area contributed by atoms with Crippen molar-refractivity contribution in [2.45, 2.75) is 25.0 Å². The van der Waals surface area contributed by atoms with Gasteiger partial charge in [0.05, 0.1) is 28.7 Å².